The van der Waals surface area contributed by atoms with Gasteiger partial charge in [0.05, 0.1) is 6.26 Å². The van der Waals surface area contributed by atoms with Crippen LogP contribution in [0.4, 0.5) is 5.95 Å². The minimum atomic E-state index is -0.290. The van der Waals surface area contributed by atoms with Crippen LogP contribution >= 0.6 is 0 Å². The van der Waals surface area contributed by atoms with Crippen LogP contribution in [0.5, 0.6) is 0 Å². The van der Waals surface area contributed by atoms with Gasteiger partial charge in [-0.25, -0.2) is 9.97 Å². The van der Waals surface area contributed by atoms with E-state index in [4.69, 9.17) is 4.42 Å². The SMILES string of the molecule is Cc1ccoc1C(=O)NCCC(=O)N1CCN(c2ncccn2)CC1. The molecule has 0 unspecified atom stereocenters. The van der Waals surface area contributed by atoms with Gasteiger partial charge < -0.3 is 19.5 Å². The molecule has 1 fully saturated rings. The minimum absolute atomic E-state index is 0.0325. The Morgan fingerprint density at radius 1 is 1.20 bits per heavy atom. The third-order valence-corrected chi connectivity index (χ3v) is 4.16. The maximum Gasteiger partial charge on any atom is 0.287 e. The molecule has 0 radical (unpaired) electrons. The van der Waals surface area contributed by atoms with E-state index in [1.54, 1.807) is 31.5 Å². The smallest absolute Gasteiger partial charge is 0.287 e. The van der Waals surface area contributed by atoms with Gasteiger partial charge in [0.15, 0.2) is 5.76 Å². The van der Waals surface area contributed by atoms with Crippen molar-refractivity contribution in [2.24, 2.45) is 0 Å². The predicted octanol–water partition coefficient (Wildman–Crippen LogP) is 0.847. The summed E-state index contributed by atoms with van der Waals surface area (Å²) < 4.78 is 5.13. The number of carbonyl (C=O) groups excluding carboxylic acids is 2. The number of amides is 2. The quantitative estimate of drug-likeness (QED) is 0.865. The summed E-state index contributed by atoms with van der Waals surface area (Å²) >= 11 is 0. The number of anilines is 1. The van der Waals surface area contributed by atoms with E-state index in [1.807, 2.05) is 4.90 Å². The highest BCUT2D eigenvalue weighted by atomic mass is 16.3. The number of aromatic nitrogens is 2. The van der Waals surface area contributed by atoms with Crippen LogP contribution in [0.2, 0.25) is 0 Å². The van der Waals surface area contributed by atoms with Crippen LogP contribution in [0.1, 0.15) is 22.5 Å². The van der Waals surface area contributed by atoms with Crippen molar-refractivity contribution >= 4 is 17.8 Å². The first kappa shape index (κ1) is 16.9. The summed E-state index contributed by atoms with van der Waals surface area (Å²) in [6.07, 6.45) is 5.17. The van der Waals surface area contributed by atoms with Crippen LogP contribution in [-0.4, -0.2) is 59.4 Å². The van der Waals surface area contributed by atoms with E-state index in [-0.39, 0.29) is 18.2 Å². The predicted molar refractivity (Wildman–Crippen MR) is 91.2 cm³/mol. The molecule has 8 heteroatoms. The van der Waals surface area contributed by atoms with Gasteiger partial charge in [-0.1, -0.05) is 0 Å². The summed E-state index contributed by atoms with van der Waals surface area (Å²) in [7, 11) is 0. The largest absolute Gasteiger partial charge is 0.459 e. The normalized spacial score (nSPS) is 14.4. The summed E-state index contributed by atoms with van der Waals surface area (Å²) in [5, 5.41) is 2.72. The molecule has 2 aromatic rings. The fourth-order valence-electron chi connectivity index (χ4n) is 2.74. The lowest BCUT2D eigenvalue weighted by Crippen LogP contribution is -2.49. The molecule has 0 aromatic carbocycles. The molecule has 3 heterocycles. The van der Waals surface area contributed by atoms with E-state index >= 15 is 0 Å². The average molecular weight is 343 g/mol. The van der Waals surface area contributed by atoms with Gasteiger partial charge in [-0.3, -0.25) is 9.59 Å². The lowest BCUT2D eigenvalue weighted by Gasteiger charge is -2.34. The first-order valence-corrected chi connectivity index (χ1v) is 8.27. The number of piperazine rings is 1. The minimum Gasteiger partial charge on any atom is -0.459 e. The molecule has 1 aliphatic rings. The third kappa shape index (κ3) is 4.14. The zero-order chi connectivity index (χ0) is 17.6. The van der Waals surface area contributed by atoms with E-state index in [1.165, 1.54) is 6.26 Å². The van der Waals surface area contributed by atoms with Gasteiger partial charge in [0.2, 0.25) is 11.9 Å². The fraction of sp³-hybridized carbons (Fsp3) is 0.412. The van der Waals surface area contributed by atoms with Gasteiger partial charge >= 0.3 is 0 Å². The first-order valence-electron chi connectivity index (χ1n) is 8.27. The summed E-state index contributed by atoms with van der Waals surface area (Å²) in [4.78, 5) is 36.5. The van der Waals surface area contributed by atoms with E-state index in [2.05, 4.69) is 20.2 Å². The molecule has 25 heavy (non-hydrogen) atoms. The summed E-state index contributed by atoms with van der Waals surface area (Å²) in [5.74, 6) is 0.728. The summed E-state index contributed by atoms with van der Waals surface area (Å²) in [6, 6.07) is 3.51. The number of rotatable bonds is 5. The molecule has 2 aromatic heterocycles. The van der Waals surface area contributed by atoms with Crippen molar-refractivity contribution in [1.82, 2.24) is 20.2 Å². The molecule has 3 rings (SSSR count). The molecule has 1 saturated heterocycles. The van der Waals surface area contributed by atoms with E-state index in [0.717, 1.165) is 5.56 Å². The van der Waals surface area contributed by atoms with Crippen molar-refractivity contribution in [3.8, 4) is 0 Å². The maximum absolute atomic E-state index is 12.3. The highest BCUT2D eigenvalue weighted by molar-refractivity contribution is 5.93. The molecule has 1 aliphatic heterocycles. The molecular formula is C17H21N5O3. The Balaban J connectivity index is 1.41. The number of hydrogen-bond acceptors (Lipinski definition) is 6. The molecule has 1 N–H and O–H groups in total. The summed E-state index contributed by atoms with van der Waals surface area (Å²) in [5.41, 5.74) is 0.781. The second-order valence-corrected chi connectivity index (χ2v) is 5.86. The van der Waals surface area contributed by atoms with Crippen molar-refractivity contribution in [3.05, 3.63) is 42.1 Å². The second kappa shape index (κ2) is 7.78. The first-order chi connectivity index (χ1) is 12.1. The Labute approximate surface area is 145 Å². The molecule has 0 aliphatic carbocycles. The number of nitrogens with one attached hydrogen (secondary N) is 1. The Bertz CT molecular complexity index is 723. The highest BCUT2D eigenvalue weighted by Gasteiger charge is 2.22. The number of nitrogens with zero attached hydrogens (tertiary/aromatic N) is 4. The van der Waals surface area contributed by atoms with Crippen LogP contribution in [0.3, 0.4) is 0 Å². The van der Waals surface area contributed by atoms with Crippen molar-refractivity contribution in [2.45, 2.75) is 13.3 Å². The molecule has 0 saturated carbocycles. The average Bonchev–Trinajstić information content (AvgIpc) is 3.08. The van der Waals surface area contributed by atoms with Gasteiger partial charge in [-0.05, 0) is 19.1 Å². The Kier molecular flexibility index (Phi) is 5.27. The van der Waals surface area contributed by atoms with Gasteiger partial charge in [0, 0.05) is 57.1 Å². The molecule has 0 spiro atoms. The lowest BCUT2D eigenvalue weighted by atomic mass is 10.2. The zero-order valence-corrected chi connectivity index (χ0v) is 14.1. The second-order valence-electron chi connectivity index (χ2n) is 5.86. The molecule has 132 valence electrons. The van der Waals surface area contributed by atoms with Crippen LogP contribution in [0.15, 0.2) is 35.2 Å². The topological polar surface area (TPSA) is 91.6 Å². The van der Waals surface area contributed by atoms with Crippen molar-refractivity contribution in [3.63, 3.8) is 0 Å². The van der Waals surface area contributed by atoms with Crippen LogP contribution in [-0.2, 0) is 4.79 Å². The molecule has 0 atom stereocenters. The zero-order valence-electron chi connectivity index (χ0n) is 14.1. The molecule has 8 nitrogen and oxygen atoms in total. The summed E-state index contributed by atoms with van der Waals surface area (Å²) in [6.45, 7) is 4.76. The van der Waals surface area contributed by atoms with Gasteiger partial charge in [-0.15, -0.1) is 0 Å². The molecule has 0 bridgehead atoms. The molecule has 2 amide bonds. The standard InChI is InChI=1S/C17H21N5O3/c1-13-4-12-25-15(13)16(24)18-7-3-14(23)21-8-10-22(11-9-21)17-19-5-2-6-20-17/h2,4-6,12H,3,7-11H2,1H3,(H,18,24). The lowest BCUT2D eigenvalue weighted by molar-refractivity contribution is -0.131. The fourth-order valence-corrected chi connectivity index (χ4v) is 2.74. The monoisotopic (exact) mass is 343 g/mol. The molecular weight excluding hydrogens is 322 g/mol. The number of aryl methyl sites for hydroxylation is 1. The van der Waals surface area contributed by atoms with Crippen molar-refractivity contribution in [1.29, 1.82) is 0 Å². The van der Waals surface area contributed by atoms with Crippen molar-refractivity contribution in [2.75, 3.05) is 37.6 Å². The van der Waals surface area contributed by atoms with Gasteiger partial charge in [0.25, 0.3) is 5.91 Å². The van der Waals surface area contributed by atoms with Crippen LogP contribution in [0.25, 0.3) is 0 Å². The van der Waals surface area contributed by atoms with Crippen LogP contribution < -0.4 is 10.2 Å². The maximum atomic E-state index is 12.3. The van der Waals surface area contributed by atoms with E-state index in [9.17, 15) is 9.59 Å². The highest BCUT2D eigenvalue weighted by Crippen LogP contribution is 2.11. The number of furan rings is 1. The number of carbonyl (C=O) groups is 2. The van der Waals surface area contributed by atoms with Crippen molar-refractivity contribution < 1.29 is 14.0 Å². The van der Waals surface area contributed by atoms with E-state index in [0.29, 0.717) is 44.4 Å². The Hall–Kier alpha value is -2.90. The van der Waals surface area contributed by atoms with Crippen LogP contribution in [0, 0.1) is 6.92 Å². The van der Waals surface area contributed by atoms with E-state index < -0.39 is 0 Å². The Morgan fingerprint density at radius 2 is 1.92 bits per heavy atom. The number of hydrogen-bond donors (Lipinski definition) is 1. The van der Waals surface area contributed by atoms with Gasteiger partial charge in [-0.2, -0.15) is 0 Å². The third-order valence-electron chi connectivity index (χ3n) is 4.16. The Morgan fingerprint density at radius 3 is 2.56 bits per heavy atom. The van der Waals surface area contributed by atoms with Gasteiger partial charge in [0.1, 0.15) is 0 Å².